The molecule has 1 aliphatic heterocycles. The summed E-state index contributed by atoms with van der Waals surface area (Å²) >= 11 is 12.1. The standard InChI is InChI=1S/C20H20Cl2N2O3/c1-26-13-20(25)24(11-14-5-3-2-4-6-14)12-16-10-19(23-27-16)15-7-8-17(21)18(22)9-15/h2-9,16H,10-13H2,1H3/t16-/m0/s1. The van der Waals surface area contributed by atoms with Gasteiger partial charge in [-0.15, -0.1) is 0 Å². The predicted molar refractivity (Wildman–Crippen MR) is 106 cm³/mol. The Labute approximate surface area is 168 Å². The lowest BCUT2D eigenvalue weighted by Gasteiger charge is -2.24. The fourth-order valence-electron chi connectivity index (χ4n) is 2.89. The maximum atomic E-state index is 12.4. The number of rotatable bonds is 7. The van der Waals surface area contributed by atoms with Crippen molar-refractivity contribution in [1.29, 1.82) is 0 Å². The van der Waals surface area contributed by atoms with Gasteiger partial charge in [-0.1, -0.05) is 64.8 Å². The van der Waals surface area contributed by atoms with Gasteiger partial charge in [0.2, 0.25) is 5.91 Å². The van der Waals surface area contributed by atoms with Crippen LogP contribution in [0.5, 0.6) is 0 Å². The summed E-state index contributed by atoms with van der Waals surface area (Å²) in [6.07, 6.45) is 0.364. The normalized spacial score (nSPS) is 16.0. The minimum atomic E-state index is -0.223. The number of ether oxygens (including phenoxy) is 1. The van der Waals surface area contributed by atoms with E-state index < -0.39 is 0 Å². The first-order valence-corrected chi connectivity index (χ1v) is 9.31. The quantitative estimate of drug-likeness (QED) is 0.693. The SMILES string of the molecule is COCC(=O)N(Cc1ccccc1)C[C@@H]1CC(c2ccc(Cl)c(Cl)c2)=NO1. The smallest absolute Gasteiger partial charge is 0.248 e. The molecule has 3 rings (SSSR count). The summed E-state index contributed by atoms with van der Waals surface area (Å²) in [5.41, 5.74) is 2.70. The maximum Gasteiger partial charge on any atom is 0.248 e. The van der Waals surface area contributed by atoms with Gasteiger partial charge in [-0.3, -0.25) is 4.79 Å². The van der Waals surface area contributed by atoms with E-state index >= 15 is 0 Å². The van der Waals surface area contributed by atoms with Crippen molar-refractivity contribution in [3.63, 3.8) is 0 Å². The molecule has 2 aromatic carbocycles. The third-order valence-electron chi connectivity index (χ3n) is 4.25. The Morgan fingerprint density at radius 1 is 1.22 bits per heavy atom. The number of methoxy groups -OCH3 is 1. The van der Waals surface area contributed by atoms with E-state index in [0.717, 1.165) is 16.8 Å². The van der Waals surface area contributed by atoms with Crippen LogP contribution in [0.3, 0.4) is 0 Å². The highest BCUT2D eigenvalue weighted by atomic mass is 35.5. The Hall–Kier alpha value is -2.08. The van der Waals surface area contributed by atoms with E-state index in [4.69, 9.17) is 32.8 Å². The van der Waals surface area contributed by atoms with Gasteiger partial charge < -0.3 is 14.5 Å². The largest absolute Gasteiger partial charge is 0.390 e. The van der Waals surface area contributed by atoms with Crippen LogP contribution in [-0.4, -0.2) is 42.9 Å². The molecule has 0 radical (unpaired) electrons. The van der Waals surface area contributed by atoms with Crippen LogP contribution in [0, 0.1) is 0 Å². The van der Waals surface area contributed by atoms with E-state index in [2.05, 4.69) is 5.16 Å². The number of oxime groups is 1. The van der Waals surface area contributed by atoms with Crippen molar-refractivity contribution in [2.24, 2.45) is 5.16 Å². The summed E-state index contributed by atoms with van der Waals surface area (Å²) in [7, 11) is 1.51. The van der Waals surface area contributed by atoms with Gasteiger partial charge >= 0.3 is 0 Å². The number of carbonyl (C=O) groups excluding carboxylic acids is 1. The molecule has 0 unspecified atom stereocenters. The molecule has 0 N–H and O–H groups in total. The van der Waals surface area contributed by atoms with E-state index in [-0.39, 0.29) is 18.6 Å². The van der Waals surface area contributed by atoms with Gasteiger partial charge in [0, 0.05) is 25.6 Å². The highest BCUT2D eigenvalue weighted by Crippen LogP contribution is 2.26. The molecule has 0 saturated carbocycles. The zero-order chi connectivity index (χ0) is 19.2. The molecule has 0 bridgehead atoms. The summed E-state index contributed by atoms with van der Waals surface area (Å²) in [6.45, 7) is 0.941. The van der Waals surface area contributed by atoms with Crippen LogP contribution in [0.4, 0.5) is 0 Å². The highest BCUT2D eigenvalue weighted by Gasteiger charge is 2.27. The molecule has 27 heavy (non-hydrogen) atoms. The molecule has 0 aliphatic carbocycles. The molecular formula is C20H20Cl2N2O3. The van der Waals surface area contributed by atoms with Crippen LogP contribution in [0.2, 0.25) is 10.0 Å². The Bertz CT molecular complexity index is 827. The summed E-state index contributed by atoms with van der Waals surface area (Å²) in [5, 5.41) is 5.14. The summed E-state index contributed by atoms with van der Waals surface area (Å²) < 4.78 is 5.01. The van der Waals surface area contributed by atoms with E-state index in [1.165, 1.54) is 7.11 Å². The van der Waals surface area contributed by atoms with E-state index in [1.54, 1.807) is 17.0 Å². The van der Waals surface area contributed by atoms with Gasteiger partial charge in [-0.2, -0.15) is 0 Å². The van der Waals surface area contributed by atoms with Crippen molar-refractivity contribution in [3.8, 4) is 0 Å². The monoisotopic (exact) mass is 406 g/mol. The Morgan fingerprint density at radius 2 is 2.00 bits per heavy atom. The van der Waals surface area contributed by atoms with Crippen molar-refractivity contribution < 1.29 is 14.4 Å². The fraction of sp³-hybridized carbons (Fsp3) is 0.300. The molecule has 2 aromatic rings. The third kappa shape index (κ3) is 5.22. The number of carbonyl (C=O) groups is 1. The average Bonchev–Trinajstić information content (AvgIpc) is 3.13. The number of benzene rings is 2. The summed E-state index contributed by atoms with van der Waals surface area (Å²) in [4.78, 5) is 19.7. The van der Waals surface area contributed by atoms with Crippen molar-refractivity contribution in [1.82, 2.24) is 4.90 Å². The van der Waals surface area contributed by atoms with Crippen LogP contribution < -0.4 is 0 Å². The first kappa shape index (κ1) is 19.7. The second-order valence-electron chi connectivity index (χ2n) is 6.29. The molecule has 1 amide bonds. The zero-order valence-electron chi connectivity index (χ0n) is 14.9. The number of hydrogen-bond donors (Lipinski definition) is 0. The Balaban J connectivity index is 1.66. The molecule has 0 saturated heterocycles. The lowest BCUT2D eigenvalue weighted by Crippen LogP contribution is -2.39. The zero-order valence-corrected chi connectivity index (χ0v) is 16.4. The van der Waals surface area contributed by atoms with E-state index in [9.17, 15) is 4.79 Å². The van der Waals surface area contributed by atoms with Gasteiger partial charge in [0.15, 0.2) is 6.10 Å². The molecule has 1 atom stereocenters. The van der Waals surface area contributed by atoms with E-state index in [1.807, 2.05) is 36.4 Å². The van der Waals surface area contributed by atoms with Crippen LogP contribution in [0.1, 0.15) is 17.5 Å². The van der Waals surface area contributed by atoms with Crippen molar-refractivity contribution in [2.75, 3.05) is 20.3 Å². The molecule has 0 spiro atoms. The summed E-state index contributed by atoms with van der Waals surface area (Å²) in [5.74, 6) is -0.0899. The summed E-state index contributed by atoms with van der Waals surface area (Å²) in [6, 6.07) is 15.2. The van der Waals surface area contributed by atoms with Crippen LogP contribution in [0.25, 0.3) is 0 Å². The van der Waals surface area contributed by atoms with Gasteiger partial charge in [0.25, 0.3) is 0 Å². The second-order valence-corrected chi connectivity index (χ2v) is 7.11. The average molecular weight is 407 g/mol. The first-order valence-electron chi connectivity index (χ1n) is 8.55. The van der Waals surface area contributed by atoms with Crippen LogP contribution >= 0.6 is 23.2 Å². The number of amides is 1. The number of hydrogen-bond acceptors (Lipinski definition) is 4. The number of halogens is 2. The van der Waals surface area contributed by atoms with Gasteiger partial charge in [0.1, 0.15) is 6.61 Å². The molecule has 7 heteroatoms. The van der Waals surface area contributed by atoms with Gasteiger partial charge in [0.05, 0.1) is 22.3 Å². The third-order valence-corrected chi connectivity index (χ3v) is 4.99. The fourth-order valence-corrected chi connectivity index (χ4v) is 3.19. The lowest BCUT2D eigenvalue weighted by atomic mass is 10.0. The Morgan fingerprint density at radius 3 is 2.70 bits per heavy atom. The highest BCUT2D eigenvalue weighted by molar-refractivity contribution is 6.42. The molecule has 1 heterocycles. The van der Waals surface area contributed by atoms with Crippen LogP contribution in [-0.2, 0) is 20.9 Å². The predicted octanol–water partition coefficient (Wildman–Crippen LogP) is 4.16. The van der Waals surface area contributed by atoms with Crippen molar-refractivity contribution >= 4 is 34.8 Å². The van der Waals surface area contributed by atoms with E-state index in [0.29, 0.717) is 29.6 Å². The molecule has 1 aliphatic rings. The first-order chi connectivity index (χ1) is 13.1. The minimum Gasteiger partial charge on any atom is -0.390 e. The van der Waals surface area contributed by atoms with Crippen LogP contribution in [0.15, 0.2) is 53.7 Å². The lowest BCUT2D eigenvalue weighted by molar-refractivity contribution is -0.137. The minimum absolute atomic E-state index is 0.0278. The molecule has 5 nitrogen and oxygen atoms in total. The molecule has 0 fully saturated rings. The molecular weight excluding hydrogens is 387 g/mol. The Kier molecular flexibility index (Phi) is 6.72. The van der Waals surface area contributed by atoms with Crippen molar-refractivity contribution in [2.45, 2.75) is 19.1 Å². The van der Waals surface area contributed by atoms with Gasteiger partial charge in [-0.05, 0) is 17.7 Å². The second kappa shape index (κ2) is 9.22. The maximum absolute atomic E-state index is 12.4. The molecule has 142 valence electrons. The van der Waals surface area contributed by atoms with Crippen molar-refractivity contribution in [3.05, 3.63) is 69.7 Å². The number of nitrogens with zero attached hydrogens (tertiary/aromatic N) is 2. The molecule has 0 aromatic heterocycles. The topological polar surface area (TPSA) is 51.1 Å². The van der Waals surface area contributed by atoms with Gasteiger partial charge in [-0.25, -0.2) is 0 Å².